The van der Waals surface area contributed by atoms with Gasteiger partial charge in [-0.3, -0.25) is 0 Å². The van der Waals surface area contributed by atoms with Crippen molar-refractivity contribution in [1.82, 2.24) is 0 Å². The fraction of sp³-hybridized carbons (Fsp3) is 1.00. The Labute approximate surface area is 43.5 Å². The standard InChI is InChI=1S/C2H7OP.Pt/c1-4(2)3;/h3H,1-2H3;/q;-1/p+1. The van der Waals surface area contributed by atoms with Crippen LogP contribution in [0.1, 0.15) is 0 Å². The quantitative estimate of drug-likeness (QED) is 0.633. The Bertz CT molecular complexity index is 25.1. The molecule has 3 heteroatoms. The molecule has 1 nitrogen and oxygen atoms in total. The van der Waals surface area contributed by atoms with Gasteiger partial charge in [0.15, 0.2) is 0 Å². The maximum absolute atomic E-state index is 8.65. The van der Waals surface area contributed by atoms with Crippen LogP contribution in [0.3, 0.4) is 0 Å². The molecule has 1 N–H and O–H groups in total. The van der Waals surface area contributed by atoms with E-state index in [2.05, 4.69) is 19.3 Å². The van der Waals surface area contributed by atoms with Gasteiger partial charge in [0, 0.05) is 0 Å². The van der Waals surface area contributed by atoms with Gasteiger partial charge in [-0.2, -0.15) is 0 Å². The Balaban J connectivity index is 3.02. The van der Waals surface area contributed by atoms with Crippen LogP contribution in [0.4, 0.5) is 0 Å². The van der Waals surface area contributed by atoms with Gasteiger partial charge >= 0.3 is 43.1 Å². The molecule has 0 bridgehead atoms. The van der Waals surface area contributed by atoms with Gasteiger partial charge in [-0.05, 0) is 0 Å². The topological polar surface area (TPSA) is 20.2 Å². The van der Waals surface area contributed by atoms with E-state index < -0.39 is 5.58 Å². The van der Waals surface area contributed by atoms with Crippen molar-refractivity contribution in [3.8, 4) is 0 Å². The molecule has 37 valence electrons. The second-order valence-corrected chi connectivity index (χ2v) is 12.3. The van der Waals surface area contributed by atoms with E-state index in [1.807, 2.05) is 13.3 Å². The molecule has 0 unspecified atom stereocenters. The minimum atomic E-state index is -1.64. The Hall–Kier alpha value is 1.08. The molecule has 0 aromatic rings. The molecule has 0 saturated carbocycles. The Kier molecular flexibility index (Phi) is 2.05. The molecule has 0 fully saturated rings. The van der Waals surface area contributed by atoms with Crippen molar-refractivity contribution >= 4 is 5.58 Å². The van der Waals surface area contributed by atoms with Gasteiger partial charge in [-0.1, -0.05) is 0 Å². The van der Waals surface area contributed by atoms with Crippen LogP contribution in [0.15, 0.2) is 0 Å². The number of hydrogen-bond donors (Lipinski definition) is 1. The Morgan fingerprint density at radius 1 is 1.60 bits per heavy atom. The summed E-state index contributed by atoms with van der Waals surface area (Å²) in [5.74, 6) is 0. The summed E-state index contributed by atoms with van der Waals surface area (Å²) < 4.78 is 0. The van der Waals surface area contributed by atoms with Gasteiger partial charge < -0.3 is 0 Å². The number of hydrogen-bond acceptors (Lipinski definition) is 1. The summed E-state index contributed by atoms with van der Waals surface area (Å²) in [6.07, 6.45) is 0. The molecule has 0 aromatic carbocycles. The summed E-state index contributed by atoms with van der Waals surface area (Å²) >= 11 is 2.06. The van der Waals surface area contributed by atoms with Crippen LogP contribution >= 0.6 is 5.58 Å². The van der Waals surface area contributed by atoms with Crippen LogP contribution in [0.5, 0.6) is 0 Å². The Morgan fingerprint density at radius 2 is 1.60 bits per heavy atom. The van der Waals surface area contributed by atoms with Crippen molar-refractivity contribution < 1.29 is 24.2 Å². The van der Waals surface area contributed by atoms with E-state index in [1.54, 1.807) is 0 Å². The number of rotatable bonds is 0. The van der Waals surface area contributed by atoms with E-state index in [0.717, 1.165) is 0 Å². The van der Waals surface area contributed by atoms with E-state index in [4.69, 9.17) is 4.89 Å². The summed E-state index contributed by atoms with van der Waals surface area (Å²) in [5, 5.41) is 0. The summed E-state index contributed by atoms with van der Waals surface area (Å²) in [5.41, 5.74) is -1.64. The molecular weight excluding hydrogens is 266 g/mol. The normalized spacial score (nSPS) is 15.4. The molecule has 0 aliphatic heterocycles. The van der Waals surface area contributed by atoms with Gasteiger partial charge in [0.2, 0.25) is 0 Å². The zero-order valence-corrected chi connectivity index (χ0v) is 6.54. The van der Waals surface area contributed by atoms with Gasteiger partial charge in [-0.25, -0.2) is 0 Å². The summed E-state index contributed by atoms with van der Waals surface area (Å²) in [7, 11) is 0. The predicted octanol–water partition coefficient (Wildman–Crippen LogP) is 0.365. The monoisotopic (exact) mass is 274 g/mol. The summed E-state index contributed by atoms with van der Waals surface area (Å²) in [4.78, 5) is 8.65. The van der Waals surface area contributed by atoms with Crippen LogP contribution in [0, 0.1) is 0 Å². The van der Waals surface area contributed by atoms with Gasteiger partial charge in [-0.15, -0.1) is 0 Å². The van der Waals surface area contributed by atoms with Crippen molar-refractivity contribution in [3.63, 3.8) is 0 Å². The SMILES string of the molecule is C[PH](C)(O)[Pt]. The molecule has 0 heterocycles. The summed E-state index contributed by atoms with van der Waals surface area (Å²) in [6.45, 7) is 3.74. The van der Waals surface area contributed by atoms with E-state index >= 15 is 0 Å². The second-order valence-electron chi connectivity index (χ2n) is 1.33. The average molecular weight is 274 g/mol. The second kappa shape index (κ2) is 1.69. The molecule has 0 spiro atoms. The van der Waals surface area contributed by atoms with Crippen LogP contribution in [0.2, 0.25) is 0 Å². The molecule has 0 aromatic heterocycles. The van der Waals surface area contributed by atoms with Crippen LogP contribution in [-0.2, 0) is 19.3 Å². The molecule has 0 saturated heterocycles. The first-order valence-corrected chi connectivity index (χ1v) is 7.55. The van der Waals surface area contributed by atoms with Crippen molar-refractivity contribution in [2.75, 3.05) is 13.3 Å². The first-order chi connectivity index (χ1) is 2.00. The predicted molar refractivity (Wildman–Crippen MR) is 22.4 cm³/mol. The maximum atomic E-state index is 8.65. The van der Waals surface area contributed by atoms with E-state index in [0.29, 0.717) is 0 Å². The molecule has 0 atom stereocenters. The fourth-order valence-electron chi connectivity index (χ4n) is 0. The molecule has 5 heavy (non-hydrogen) atoms. The molecular formula is C2H8OPPt. The minimum absolute atomic E-state index is 1.64. The van der Waals surface area contributed by atoms with Crippen molar-refractivity contribution in [2.45, 2.75) is 0 Å². The molecule has 0 aliphatic rings. The van der Waals surface area contributed by atoms with Crippen molar-refractivity contribution in [2.24, 2.45) is 0 Å². The first kappa shape index (κ1) is 6.08. The van der Waals surface area contributed by atoms with E-state index in [-0.39, 0.29) is 0 Å². The third-order valence-electron chi connectivity index (χ3n) is 0. The molecule has 0 amide bonds. The third kappa shape index (κ3) is 41.4. The van der Waals surface area contributed by atoms with Gasteiger partial charge in [0.05, 0.1) is 0 Å². The van der Waals surface area contributed by atoms with E-state index in [1.165, 1.54) is 0 Å². The van der Waals surface area contributed by atoms with Crippen molar-refractivity contribution in [1.29, 1.82) is 0 Å². The van der Waals surface area contributed by atoms with Crippen LogP contribution < -0.4 is 0 Å². The first-order valence-electron chi connectivity index (χ1n) is 1.38. The fourth-order valence-corrected chi connectivity index (χ4v) is 0. The van der Waals surface area contributed by atoms with Gasteiger partial charge in [0.25, 0.3) is 0 Å². The van der Waals surface area contributed by atoms with Crippen LogP contribution in [-0.4, -0.2) is 18.2 Å². The third-order valence-corrected chi connectivity index (χ3v) is 0. The van der Waals surface area contributed by atoms with Crippen molar-refractivity contribution in [3.05, 3.63) is 0 Å². The van der Waals surface area contributed by atoms with E-state index in [9.17, 15) is 0 Å². The Morgan fingerprint density at radius 3 is 1.60 bits per heavy atom. The molecule has 0 radical (unpaired) electrons. The van der Waals surface area contributed by atoms with Crippen LogP contribution in [0.25, 0.3) is 0 Å². The van der Waals surface area contributed by atoms with Gasteiger partial charge in [0.1, 0.15) is 0 Å². The zero-order chi connectivity index (χ0) is 4.50. The molecule has 0 rings (SSSR count). The summed E-state index contributed by atoms with van der Waals surface area (Å²) in [6, 6.07) is 0. The molecule has 0 aliphatic carbocycles. The zero-order valence-electron chi connectivity index (χ0n) is 3.26. The average Bonchev–Trinajstić information content (AvgIpc) is 0.722.